The average molecular weight is 269 g/mol. The molecule has 1 unspecified atom stereocenters. The monoisotopic (exact) mass is 269 g/mol. The topological polar surface area (TPSA) is 66.4 Å². The lowest BCUT2D eigenvalue weighted by atomic mass is 9.69. The first kappa shape index (κ1) is 16.0. The minimum absolute atomic E-state index is 0.0108. The van der Waals surface area contributed by atoms with Crippen LogP contribution >= 0.6 is 0 Å². The molecule has 0 radical (unpaired) electrons. The van der Waals surface area contributed by atoms with Crippen LogP contribution in [-0.2, 0) is 9.59 Å². The molecule has 1 aliphatic carbocycles. The Morgan fingerprint density at radius 3 is 2.16 bits per heavy atom. The summed E-state index contributed by atoms with van der Waals surface area (Å²) in [5.74, 6) is -0.0896. The second kappa shape index (κ2) is 6.40. The van der Waals surface area contributed by atoms with Gasteiger partial charge in [-0.3, -0.25) is 9.59 Å². The summed E-state index contributed by atoms with van der Waals surface area (Å²) < 4.78 is 0. The average Bonchev–Trinajstić information content (AvgIpc) is 2.26. The second-order valence-electron chi connectivity index (χ2n) is 6.92. The number of hydrogen-bond donors (Lipinski definition) is 2. The Kier molecular flexibility index (Phi) is 5.39. The molecule has 1 saturated carbocycles. The van der Waals surface area contributed by atoms with Crippen molar-refractivity contribution < 1.29 is 14.7 Å². The summed E-state index contributed by atoms with van der Waals surface area (Å²) in [5.41, 5.74) is 0.318. The Morgan fingerprint density at radius 1 is 1.21 bits per heavy atom. The van der Waals surface area contributed by atoms with Crippen LogP contribution in [0.5, 0.6) is 0 Å². The van der Waals surface area contributed by atoms with Gasteiger partial charge in [0.05, 0.1) is 6.42 Å². The van der Waals surface area contributed by atoms with Gasteiger partial charge in [0.15, 0.2) is 0 Å². The molecule has 0 heterocycles. The molecule has 1 atom stereocenters. The molecule has 4 nitrogen and oxygen atoms in total. The number of carbonyl (C=O) groups excluding carboxylic acids is 1. The van der Waals surface area contributed by atoms with Gasteiger partial charge in [-0.05, 0) is 43.9 Å². The summed E-state index contributed by atoms with van der Waals surface area (Å²) in [5, 5.41) is 11.5. The third-order valence-electron chi connectivity index (χ3n) is 4.19. The van der Waals surface area contributed by atoms with Gasteiger partial charge < -0.3 is 10.4 Å². The zero-order chi connectivity index (χ0) is 14.6. The lowest BCUT2D eigenvalue weighted by Crippen LogP contribution is -2.40. The summed E-state index contributed by atoms with van der Waals surface area (Å²) in [6, 6.07) is -0.287. The molecule has 4 heteroatoms. The van der Waals surface area contributed by atoms with Gasteiger partial charge in [0.25, 0.3) is 0 Å². The maximum absolute atomic E-state index is 12.0. The lowest BCUT2D eigenvalue weighted by molar-refractivity contribution is -0.137. The van der Waals surface area contributed by atoms with Crippen LogP contribution in [0.2, 0.25) is 0 Å². The number of rotatable bonds is 4. The minimum atomic E-state index is -0.871. The van der Waals surface area contributed by atoms with Crippen molar-refractivity contribution in [1.29, 1.82) is 0 Å². The standard InChI is InChI=1S/C15H27NO3/c1-10(9-13(17)18)16-14(19)11-5-7-12(8-6-11)15(2,3)4/h10-12H,5-9H2,1-4H3,(H,16,19)(H,17,18). The van der Waals surface area contributed by atoms with E-state index < -0.39 is 5.97 Å². The fourth-order valence-corrected chi connectivity index (χ4v) is 2.90. The molecule has 1 fully saturated rings. The first-order valence-corrected chi connectivity index (χ1v) is 7.22. The van der Waals surface area contributed by atoms with E-state index in [1.807, 2.05) is 0 Å². The van der Waals surface area contributed by atoms with Gasteiger partial charge in [-0.25, -0.2) is 0 Å². The van der Waals surface area contributed by atoms with Crippen molar-refractivity contribution in [2.45, 2.75) is 65.8 Å². The Morgan fingerprint density at radius 2 is 1.74 bits per heavy atom. The van der Waals surface area contributed by atoms with E-state index in [2.05, 4.69) is 26.1 Å². The smallest absolute Gasteiger partial charge is 0.305 e. The van der Waals surface area contributed by atoms with Crippen molar-refractivity contribution in [2.24, 2.45) is 17.3 Å². The zero-order valence-corrected chi connectivity index (χ0v) is 12.5. The number of hydrogen-bond acceptors (Lipinski definition) is 2. The third-order valence-corrected chi connectivity index (χ3v) is 4.19. The number of aliphatic carboxylic acids is 1. The molecule has 0 aromatic heterocycles. The summed E-state index contributed by atoms with van der Waals surface area (Å²) in [6.45, 7) is 8.51. The number of nitrogens with one attached hydrogen (secondary N) is 1. The third kappa shape index (κ3) is 5.21. The van der Waals surface area contributed by atoms with E-state index in [1.165, 1.54) is 0 Å². The van der Waals surface area contributed by atoms with Crippen LogP contribution in [0.15, 0.2) is 0 Å². The van der Waals surface area contributed by atoms with Crippen LogP contribution in [0.4, 0.5) is 0 Å². The quantitative estimate of drug-likeness (QED) is 0.824. The summed E-state index contributed by atoms with van der Waals surface area (Å²) in [7, 11) is 0. The molecule has 2 N–H and O–H groups in total. The predicted molar refractivity (Wildman–Crippen MR) is 74.8 cm³/mol. The Bertz CT molecular complexity index is 325. The Balaban J connectivity index is 2.39. The number of amides is 1. The SMILES string of the molecule is CC(CC(=O)O)NC(=O)C1CCC(C(C)(C)C)CC1. The largest absolute Gasteiger partial charge is 0.481 e. The van der Waals surface area contributed by atoms with Gasteiger partial charge in [-0.2, -0.15) is 0 Å². The zero-order valence-electron chi connectivity index (χ0n) is 12.5. The molecule has 110 valence electrons. The van der Waals surface area contributed by atoms with Gasteiger partial charge in [-0.1, -0.05) is 20.8 Å². The second-order valence-corrected chi connectivity index (χ2v) is 6.92. The van der Waals surface area contributed by atoms with Crippen LogP contribution in [0.3, 0.4) is 0 Å². The molecule has 0 bridgehead atoms. The Hall–Kier alpha value is -1.06. The van der Waals surface area contributed by atoms with Gasteiger partial charge >= 0.3 is 5.97 Å². The lowest BCUT2D eigenvalue weighted by Gasteiger charge is -2.36. The van der Waals surface area contributed by atoms with Crippen molar-refractivity contribution in [3.63, 3.8) is 0 Å². The molecule has 0 saturated heterocycles. The summed E-state index contributed by atoms with van der Waals surface area (Å²) >= 11 is 0. The first-order chi connectivity index (χ1) is 8.70. The molecular formula is C15H27NO3. The highest BCUT2D eigenvalue weighted by atomic mass is 16.4. The molecular weight excluding hydrogens is 242 g/mol. The molecule has 1 amide bonds. The highest BCUT2D eigenvalue weighted by Crippen LogP contribution is 2.39. The number of carboxylic acid groups (broad SMARTS) is 1. The predicted octanol–water partition coefficient (Wildman–Crippen LogP) is 2.82. The van der Waals surface area contributed by atoms with Gasteiger partial charge in [0.2, 0.25) is 5.91 Å². The van der Waals surface area contributed by atoms with Crippen LogP contribution < -0.4 is 5.32 Å². The van der Waals surface area contributed by atoms with E-state index in [9.17, 15) is 9.59 Å². The number of carbonyl (C=O) groups is 2. The summed E-state index contributed by atoms with van der Waals surface area (Å²) in [4.78, 5) is 22.6. The van der Waals surface area contributed by atoms with E-state index in [1.54, 1.807) is 6.92 Å². The highest BCUT2D eigenvalue weighted by molar-refractivity contribution is 5.79. The molecule has 19 heavy (non-hydrogen) atoms. The molecule has 1 aliphatic rings. The highest BCUT2D eigenvalue weighted by Gasteiger charge is 2.32. The van der Waals surface area contributed by atoms with Crippen molar-refractivity contribution in [3.05, 3.63) is 0 Å². The Labute approximate surface area is 116 Å². The first-order valence-electron chi connectivity index (χ1n) is 7.22. The van der Waals surface area contributed by atoms with E-state index in [0.717, 1.165) is 25.7 Å². The summed E-state index contributed by atoms with van der Waals surface area (Å²) in [6.07, 6.45) is 4.02. The van der Waals surface area contributed by atoms with Crippen molar-refractivity contribution >= 4 is 11.9 Å². The minimum Gasteiger partial charge on any atom is -0.481 e. The van der Waals surface area contributed by atoms with Crippen LogP contribution in [0.1, 0.15) is 59.8 Å². The van der Waals surface area contributed by atoms with Crippen LogP contribution in [-0.4, -0.2) is 23.0 Å². The normalized spacial score (nSPS) is 25.7. The van der Waals surface area contributed by atoms with E-state index in [4.69, 9.17) is 5.11 Å². The maximum atomic E-state index is 12.0. The molecule has 0 aromatic carbocycles. The van der Waals surface area contributed by atoms with Gasteiger partial charge in [-0.15, -0.1) is 0 Å². The fraction of sp³-hybridized carbons (Fsp3) is 0.867. The van der Waals surface area contributed by atoms with E-state index in [-0.39, 0.29) is 24.3 Å². The van der Waals surface area contributed by atoms with Crippen molar-refractivity contribution in [3.8, 4) is 0 Å². The van der Waals surface area contributed by atoms with E-state index >= 15 is 0 Å². The molecule has 1 rings (SSSR count). The van der Waals surface area contributed by atoms with Gasteiger partial charge in [0.1, 0.15) is 0 Å². The van der Waals surface area contributed by atoms with Crippen molar-refractivity contribution in [2.75, 3.05) is 0 Å². The van der Waals surface area contributed by atoms with Gasteiger partial charge in [0, 0.05) is 12.0 Å². The van der Waals surface area contributed by atoms with Crippen LogP contribution in [0, 0.1) is 17.3 Å². The van der Waals surface area contributed by atoms with Crippen molar-refractivity contribution in [1.82, 2.24) is 5.32 Å². The van der Waals surface area contributed by atoms with E-state index in [0.29, 0.717) is 11.3 Å². The fourth-order valence-electron chi connectivity index (χ4n) is 2.90. The molecule has 0 aliphatic heterocycles. The molecule has 0 aromatic rings. The van der Waals surface area contributed by atoms with Crippen LogP contribution in [0.25, 0.3) is 0 Å². The maximum Gasteiger partial charge on any atom is 0.305 e. The molecule has 0 spiro atoms. The number of carboxylic acids is 1.